The number of rotatable bonds is 8. The monoisotopic (exact) mass is 238 g/mol. The maximum absolute atomic E-state index is 11.1. The number of hydrogen-bond donors (Lipinski definition) is 2. The smallest absolute Gasteiger partial charge is 0.245 e. The Morgan fingerprint density at radius 3 is 2.73 bits per heavy atom. The zero-order valence-corrected chi connectivity index (χ0v) is 10.4. The minimum Gasteiger partial charge on any atom is -0.372 e. The molecule has 0 aliphatic carbocycles. The van der Waals surface area contributed by atoms with Crippen molar-refractivity contribution >= 4 is 18.3 Å². The summed E-state index contributed by atoms with van der Waals surface area (Å²) in [5.41, 5.74) is 5.54. The van der Waals surface area contributed by atoms with Crippen LogP contribution in [0, 0.1) is 0 Å². The summed E-state index contributed by atoms with van der Waals surface area (Å²) in [6.07, 6.45) is 2.90. The van der Waals surface area contributed by atoms with Crippen molar-refractivity contribution < 1.29 is 9.53 Å². The maximum atomic E-state index is 11.1. The van der Waals surface area contributed by atoms with Gasteiger partial charge in [0.1, 0.15) is 6.61 Å². The summed E-state index contributed by atoms with van der Waals surface area (Å²) >= 11 is 0. The van der Waals surface area contributed by atoms with Gasteiger partial charge in [-0.15, -0.1) is 12.4 Å². The van der Waals surface area contributed by atoms with Crippen LogP contribution in [0.3, 0.4) is 0 Å². The fourth-order valence-corrected chi connectivity index (χ4v) is 0.902. The van der Waals surface area contributed by atoms with Crippen LogP contribution in [-0.4, -0.2) is 31.7 Å². The molecule has 0 aliphatic heterocycles. The van der Waals surface area contributed by atoms with Gasteiger partial charge in [0.05, 0.1) is 0 Å². The molecule has 0 bridgehead atoms. The van der Waals surface area contributed by atoms with Gasteiger partial charge in [-0.05, 0) is 19.8 Å². The number of carbonyl (C=O) groups is 1. The van der Waals surface area contributed by atoms with E-state index in [1.165, 1.54) is 0 Å². The average molecular weight is 239 g/mol. The lowest BCUT2D eigenvalue weighted by atomic mass is 10.2. The van der Waals surface area contributed by atoms with Gasteiger partial charge in [0, 0.05) is 19.2 Å². The van der Waals surface area contributed by atoms with Gasteiger partial charge in [-0.2, -0.15) is 0 Å². The van der Waals surface area contributed by atoms with Crippen molar-refractivity contribution in [3.8, 4) is 0 Å². The Morgan fingerprint density at radius 1 is 1.53 bits per heavy atom. The topological polar surface area (TPSA) is 64.3 Å². The minimum absolute atomic E-state index is 0. The highest BCUT2D eigenvalue weighted by molar-refractivity contribution is 5.85. The van der Waals surface area contributed by atoms with Gasteiger partial charge >= 0.3 is 0 Å². The number of halogens is 1. The lowest BCUT2D eigenvalue weighted by Crippen LogP contribution is -2.31. The first-order valence-corrected chi connectivity index (χ1v) is 5.26. The van der Waals surface area contributed by atoms with E-state index in [1.807, 2.05) is 6.92 Å². The zero-order chi connectivity index (χ0) is 10.8. The maximum Gasteiger partial charge on any atom is 0.245 e. The standard InChI is InChI=1S/C10H22N2O2.ClH/c1-3-4-7-14-8-10(13)12-6-5-9(2)11;/h9H,3-8,11H2,1-2H3,(H,12,13);1H. The highest BCUT2D eigenvalue weighted by Gasteiger charge is 2.00. The molecule has 0 aliphatic rings. The van der Waals surface area contributed by atoms with Crippen LogP contribution in [0.25, 0.3) is 0 Å². The van der Waals surface area contributed by atoms with Crippen LogP contribution >= 0.6 is 12.4 Å². The number of amides is 1. The van der Waals surface area contributed by atoms with E-state index in [0.717, 1.165) is 19.3 Å². The Labute approximate surface area is 98.3 Å². The van der Waals surface area contributed by atoms with Gasteiger partial charge in [0.25, 0.3) is 0 Å². The minimum atomic E-state index is -0.0539. The third kappa shape index (κ3) is 13.7. The first-order valence-electron chi connectivity index (χ1n) is 5.26. The van der Waals surface area contributed by atoms with E-state index >= 15 is 0 Å². The summed E-state index contributed by atoms with van der Waals surface area (Å²) in [7, 11) is 0. The molecular formula is C10H23ClN2O2. The second-order valence-electron chi connectivity index (χ2n) is 3.52. The normalized spacial score (nSPS) is 11.7. The molecule has 92 valence electrons. The number of carbonyl (C=O) groups excluding carboxylic acids is 1. The number of hydrogen-bond acceptors (Lipinski definition) is 3. The molecule has 15 heavy (non-hydrogen) atoms. The van der Waals surface area contributed by atoms with Crippen LogP contribution in [0.2, 0.25) is 0 Å². The average Bonchev–Trinajstić information content (AvgIpc) is 2.12. The summed E-state index contributed by atoms with van der Waals surface area (Å²) < 4.78 is 5.15. The molecule has 5 heteroatoms. The Hall–Kier alpha value is -0.320. The Bertz CT molecular complexity index is 154. The summed E-state index contributed by atoms with van der Waals surface area (Å²) in [5, 5.41) is 2.75. The predicted molar refractivity (Wildman–Crippen MR) is 64.3 cm³/mol. The number of unbranched alkanes of at least 4 members (excludes halogenated alkanes) is 1. The fraction of sp³-hybridized carbons (Fsp3) is 0.900. The molecule has 0 aromatic heterocycles. The predicted octanol–water partition coefficient (Wildman–Crippen LogP) is 1.08. The Morgan fingerprint density at radius 2 is 2.20 bits per heavy atom. The lowest BCUT2D eigenvalue weighted by molar-refractivity contribution is -0.125. The molecule has 0 rings (SSSR count). The largest absolute Gasteiger partial charge is 0.372 e. The molecule has 1 atom stereocenters. The molecule has 0 heterocycles. The van der Waals surface area contributed by atoms with Crippen LogP contribution < -0.4 is 11.1 Å². The van der Waals surface area contributed by atoms with E-state index in [4.69, 9.17) is 10.5 Å². The summed E-state index contributed by atoms with van der Waals surface area (Å²) in [5.74, 6) is -0.0539. The summed E-state index contributed by atoms with van der Waals surface area (Å²) in [6, 6.07) is 0.135. The molecular weight excluding hydrogens is 216 g/mol. The van der Waals surface area contributed by atoms with Gasteiger partial charge in [0.15, 0.2) is 0 Å². The van der Waals surface area contributed by atoms with Crippen molar-refractivity contribution in [1.82, 2.24) is 5.32 Å². The van der Waals surface area contributed by atoms with E-state index in [0.29, 0.717) is 13.2 Å². The second kappa shape index (κ2) is 11.8. The molecule has 4 nitrogen and oxygen atoms in total. The Kier molecular flexibility index (Phi) is 13.4. The Balaban J connectivity index is 0. The van der Waals surface area contributed by atoms with Crippen LogP contribution in [0.5, 0.6) is 0 Å². The summed E-state index contributed by atoms with van der Waals surface area (Å²) in [4.78, 5) is 11.1. The third-order valence-corrected chi connectivity index (χ3v) is 1.80. The zero-order valence-electron chi connectivity index (χ0n) is 9.62. The highest BCUT2D eigenvalue weighted by atomic mass is 35.5. The first kappa shape index (κ1) is 17.1. The SMILES string of the molecule is CCCCOCC(=O)NCCC(C)N.Cl. The summed E-state index contributed by atoms with van der Waals surface area (Å²) in [6.45, 7) is 5.47. The van der Waals surface area contributed by atoms with Gasteiger partial charge in [-0.3, -0.25) is 4.79 Å². The molecule has 0 saturated carbocycles. The van der Waals surface area contributed by atoms with Crippen molar-refractivity contribution in [2.24, 2.45) is 5.73 Å². The van der Waals surface area contributed by atoms with E-state index < -0.39 is 0 Å². The van der Waals surface area contributed by atoms with Gasteiger partial charge in [0.2, 0.25) is 5.91 Å². The van der Waals surface area contributed by atoms with Gasteiger partial charge in [-0.25, -0.2) is 0 Å². The van der Waals surface area contributed by atoms with Crippen molar-refractivity contribution in [2.45, 2.75) is 39.2 Å². The van der Waals surface area contributed by atoms with Crippen molar-refractivity contribution in [3.63, 3.8) is 0 Å². The van der Waals surface area contributed by atoms with Crippen molar-refractivity contribution in [3.05, 3.63) is 0 Å². The quantitative estimate of drug-likeness (QED) is 0.622. The molecule has 1 amide bonds. The molecule has 0 fully saturated rings. The van der Waals surface area contributed by atoms with Crippen LogP contribution in [-0.2, 0) is 9.53 Å². The lowest BCUT2D eigenvalue weighted by Gasteiger charge is -2.07. The second-order valence-corrected chi connectivity index (χ2v) is 3.52. The van der Waals surface area contributed by atoms with Crippen LogP contribution in [0.15, 0.2) is 0 Å². The molecule has 1 unspecified atom stereocenters. The molecule has 0 spiro atoms. The number of ether oxygens (including phenoxy) is 1. The highest BCUT2D eigenvalue weighted by Crippen LogP contribution is 1.87. The molecule has 0 radical (unpaired) electrons. The molecule has 0 saturated heterocycles. The first-order chi connectivity index (χ1) is 6.66. The number of nitrogens with one attached hydrogen (secondary N) is 1. The third-order valence-electron chi connectivity index (χ3n) is 1.80. The van der Waals surface area contributed by atoms with Crippen LogP contribution in [0.1, 0.15) is 33.1 Å². The van der Waals surface area contributed by atoms with Crippen LogP contribution in [0.4, 0.5) is 0 Å². The van der Waals surface area contributed by atoms with Crippen molar-refractivity contribution in [1.29, 1.82) is 0 Å². The van der Waals surface area contributed by atoms with Gasteiger partial charge < -0.3 is 15.8 Å². The molecule has 0 aromatic rings. The number of nitrogens with two attached hydrogens (primary N) is 1. The molecule has 0 aromatic carbocycles. The molecule has 3 N–H and O–H groups in total. The van der Waals surface area contributed by atoms with E-state index in [2.05, 4.69) is 12.2 Å². The van der Waals surface area contributed by atoms with Gasteiger partial charge in [-0.1, -0.05) is 13.3 Å². The van der Waals surface area contributed by atoms with E-state index in [9.17, 15) is 4.79 Å². The van der Waals surface area contributed by atoms with E-state index in [-0.39, 0.29) is 31.0 Å². The fourth-order valence-electron chi connectivity index (χ4n) is 0.902. The van der Waals surface area contributed by atoms with Crippen molar-refractivity contribution in [2.75, 3.05) is 19.8 Å². The van der Waals surface area contributed by atoms with E-state index in [1.54, 1.807) is 0 Å².